The van der Waals surface area contributed by atoms with Crippen LogP contribution in [0.1, 0.15) is 13.8 Å². The van der Waals surface area contributed by atoms with Crippen LogP contribution >= 0.6 is 23.5 Å². The summed E-state index contributed by atoms with van der Waals surface area (Å²) in [5.41, 5.74) is 0.952. The molecule has 146 valence electrons. The van der Waals surface area contributed by atoms with Crippen LogP contribution in [-0.2, 0) is 4.79 Å². The largest absolute Gasteiger partial charge is 0.353 e. The molecule has 0 saturated carbocycles. The summed E-state index contributed by atoms with van der Waals surface area (Å²) in [6.45, 7) is 3.83. The molecule has 0 aliphatic carbocycles. The van der Waals surface area contributed by atoms with Crippen LogP contribution in [0.2, 0.25) is 0 Å². The van der Waals surface area contributed by atoms with Crippen molar-refractivity contribution in [3.63, 3.8) is 0 Å². The van der Waals surface area contributed by atoms with Gasteiger partial charge < -0.3 is 5.32 Å². The second kappa shape index (κ2) is 9.25. The Morgan fingerprint density at radius 2 is 1.89 bits per heavy atom. The lowest BCUT2D eigenvalue weighted by Gasteiger charge is -2.13. The Morgan fingerprint density at radius 1 is 1.18 bits per heavy atom. The van der Waals surface area contributed by atoms with Crippen molar-refractivity contribution < 1.29 is 9.18 Å². The highest BCUT2D eigenvalue weighted by Gasteiger charge is 2.14. The van der Waals surface area contributed by atoms with Gasteiger partial charge in [0.1, 0.15) is 5.82 Å². The van der Waals surface area contributed by atoms with Gasteiger partial charge in [-0.3, -0.25) is 14.2 Å². The van der Waals surface area contributed by atoms with Gasteiger partial charge in [-0.15, -0.1) is 11.8 Å². The third-order valence-corrected chi connectivity index (χ3v) is 5.92. The monoisotopic (exact) mass is 417 g/mol. The second-order valence-corrected chi connectivity index (χ2v) is 8.65. The molecule has 0 aliphatic heterocycles. The SMILES string of the molecule is CC(C)NC(=O)CSCSc1nc2ccccc2c(=O)n1-c1ccc(F)cc1. The van der Waals surface area contributed by atoms with Gasteiger partial charge in [-0.05, 0) is 50.2 Å². The third kappa shape index (κ3) is 4.94. The third-order valence-electron chi connectivity index (χ3n) is 3.78. The molecule has 5 nitrogen and oxygen atoms in total. The van der Waals surface area contributed by atoms with E-state index in [0.717, 1.165) is 0 Å². The van der Waals surface area contributed by atoms with Gasteiger partial charge in [-0.1, -0.05) is 23.9 Å². The van der Waals surface area contributed by atoms with Crippen molar-refractivity contribution in [2.75, 3.05) is 10.8 Å². The van der Waals surface area contributed by atoms with E-state index in [2.05, 4.69) is 10.3 Å². The zero-order valence-electron chi connectivity index (χ0n) is 15.5. The summed E-state index contributed by atoms with van der Waals surface area (Å²) in [7, 11) is 0. The van der Waals surface area contributed by atoms with Gasteiger partial charge in [0.05, 0.1) is 22.3 Å². The van der Waals surface area contributed by atoms with Gasteiger partial charge in [0.25, 0.3) is 5.56 Å². The number of halogens is 1. The lowest BCUT2D eigenvalue weighted by Crippen LogP contribution is -2.31. The predicted molar refractivity (Wildman–Crippen MR) is 114 cm³/mol. The average molecular weight is 418 g/mol. The van der Waals surface area contributed by atoms with Gasteiger partial charge in [-0.25, -0.2) is 9.37 Å². The average Bonchev–Trinajstić information content (AvgIpc) is 2.66. The molecule has 1 aromatic heterocycles. The van der Waals surface area contributed by atoms with Crippen molar-refractivity contribution in [2.24, 2.45) is 0 Å². The van der Waals surface area contributed by atoms with Gasteiger partial charge in [0.2, 0.25) is 5.91 Å². The van der Waals surface area contributed by atoms with Gasteiger partial charge in [-0.2, -0.15) is 0 Å². The fourth-order valence-electron chi connectivity index (χ4n) is 2.62. The van der Waals surface area contributed by atoms with Crippen molar-refractivity contribution in [1.29, 1.82) is 0 Å². The molecule has 0 bridgehead atoms. The molecule has 0 atom stereocenters. The highest BCUT2D eigenvalue weighted by atomic mass is 32.2. The Morgan fingerprint density at radius 3 is 2.61 bits per heavy atom. The first-order chi connectivity index (χ1) is 13.5. The maximum atomic E-state index is 13.3. The Bertz CT molecular complexity index is 1040. The molecule has 0 fully saturated rings. The van der Waals surface area contributed by atoms with E-state index in [1.807, 2.05) is 19.9 Å². The highest BCUT2D eigenvalue weighted by Crippen LogP contribution is 2.24. The molecule has 0 spiro atoms. The lowest BCUT2D eigenvalue weighted by atomic mass is 10.2. The van der Waals surface area contributed by atoms with Crippen molar-refractivity contribution in [3.8, 4) is 5.69 Å². The molecule has 0 unspecified atom stereocenters. The van der Waals surface area contributed by atoms with Gasteiger partial charge in [0.15, 0.2) is 5.16 Å². The van der Waals surface area contributed by atoms with Crippen LogP contribution in [-0.4, -0.2) is 32.3 Å². The molecule has 8 heteroatoms. The van der Waals surface area contributed by atoms with Crippen molar-refractivity contribution in [3.05, 3.63) is 64.7 Å². The number of aromatic nitrogens is 2. The Balaban J connectivity index is 1.87. The molecule has 1 N–H and O–H groups in total. The fourth-order valence-corrected chi connectivity index (χ4v) is 4.46. The zero-order valence-corrected chi connectivity index (χ0v) is 17.1. The number of thioether (sulfide) groups is 2. The van der Waals surface area contributed by atoms with E-state index in [1.54, 1.807) is 30.3 Å². The predicted octanol–water partition coefficient (Wildman–Crippen LogP) is 3.83. The van der Waals surface area contributed by atoms with E-state index in [0.29, 0.717) is 32.6 Å². The number of hydrogen-bond acceptors (Lipinski definition) is 5. The molecule has 0 saturated heterocycles. The normalized spacial score (nSPS) is 11.1. The minimum absolute atomic E-state index is 0.0250. The van der Waals surface area contributed by atoms with Crippen molar-refractivity contribution >= 4 is 40.3 Å². The topological polar surface area (TPSA) is 64.0 Å². The van der Waals surface area contributed by atoms with Crippen LogP contribution in [0.5, 0.6) is 0 Å². The molecular weight excluding hydrogens is 397 g/mol. The highest BCUT2D eigenvalue weighted by molar-refractivity contribution is 8.16. The summed E-state index contributed by atoms with van der Waals surface area (Å²) in [4.78, 5) is 29.4. The summed E-state index contributed by atoms with van der Waals surface area (Å²) in [6, 6.07) is 13.0. The number of nitrogens with zero attached hydrogens (tertiary/aromatic N) is 2. The van der Waals surface area contributed by atoms with Crippen LogP contribution in [0, 0.1) is 5.82 Å². The number of carbonyl (C=O) groups excluding carboxylic acids is 1. The maximum absolute atomic E-state index is 13.3. The lowest BCUT2D eigenvalue weighted by molar-refractivity contribution is -0.119. The molecule has 0 aliphatic rings. The van der Waals surface area contributed by atoms with Crippen molar-refractivity contribution in [1.82, 2.24) is 14.9 Å². The second-order valence-electron chi connectivity index (χ2n) is 6.36. The summed E-state index contributed by atoms with van der Waals surface area (Å²) in [5.74, 6) is -0.0611. The number of para-hydroxylation sites is 1. The van der Waals surface area contributed by atoms with Crippen LogP contribution in [0.15, 0.2) is 58.5 Å². The van der Waals surface area contributed by atoms with E-state index in [-0.39, 0.29) is 23.3 Å². The summed E-state index contributed by atoms with van der Waals surface area (Å²) < 4.78 is 14.8. The number of hydrogen-bond donors (Lipinski definition) is 1. The van der Waals surface area contributed by atoms with E-state index in [1.165, 1.54) is 40.2 Å². The molecule has 28 heavy (non-hydrogen) atoms. The number of carbonyl (C=O) groups is 1. The molecule has 0 radical (unpaired) electrons. The standard InChI is InChI=1S/C20H20FN3O2S2/c1-13(2)22-18(25)11-27-12-28-20-23-17-6-4-3-5-16(17)19(26)24(20)15-9-7-14(21)8-10-15/h3-10,13H,11-12H2,1-2H3,(H,22,25). The smallest absolute Gasteiger partial charge is 0.266 e. The molecule has 3 rings (SSSR count). The van der Waals surface area contributed by atoms with Crippen LogP contribution in [0.3, 0.4) is 0 Å². The first-order valence-corrected chi connectivity index (χ1v) is 10.9. The first kappa shape index (κ1) is 20.4. The Kier molecular flexibility index (Phi) is 6.74. The van der Waals surface area contributed by atoms with Crippen LogP contribution < -0.4 is 10.9 Å². The number of fused-ring (bicyclic) bond motifs is 1. The van der Waals surface area contributed by atoms with Gasteiger partial charge >= 0.3 is 0 Å². The first-order valence-electron chi connectivity index (χ1n) is 8.73. The fraction of sp³-hybridized carbons (Fsp3) is 0.250. The molecule has 1 heterocycles. The molecule has 2 aromatic carbocycles. The van der Waals surface area contributed by atoms with Gasteiger partial charge in [0, 0.05) is 11.1 Å². The number of amides is 1. The van der Waals surface area contributed by atoms with E-state index >= 15 is 0 Å². The van der Waals surface area contributed by atoms with Crippen LogP contribution in [0.4, 0.5) is 4.39 Å². The summed E-state index contributed by atoms with van der Waals surface area (Å²) >= 11 is 2.83. The van der Waals surface area contributed by atoms with E-state index < -0.39 is 0 Å². The molecular formula is C20H20FN3O2S2. The minimum Gasteiger partial charge on any atom is -0.353 e. The molecule has 1 amide bonds. The molecule has 3 aromatic rings. The minimum atomic E-state index is -0.369. The van der Waals surface area contributed by atoms with E-state index in [9.17, 15) is 14.0 Å². The van der Waals surface area contributed by atoms with E-state index in [4.69, 9.17) is 0 Å². The summed E-state index contributed by atoms with van der Waals surface area (Å²) in [6.07, 6.45) is 0. The quantitative estimate of drug-likeness (QED) is 0.274. The van der Waals surface area contributed by atoms with Crippen molar-refractivity contribution in [2.45, 2.75) is 25.0 Å². The summed E-state index contributed by atoms with van der Waals surface area (Å²) in [5, 5.41) is 4.40. The zero-order chi connectivity index (χ0) is 20.1. The maximum Gasteiger partial charge on any atom is 0.266 e. The van der Waals surface area contributed by atoms with Crippen LogP contribution in [0.25, 0.3) is 16.6 Å². The Labute approximate surface area is 170 Å². The number of benzene rings is 2. The Hall–Kier alpha value is -2.32. The number of rotatable bonds is 7. The number of nitrogens with one attached hydrogen (secondary N) is 1.